The van der Waals surface area contributed by atoms with Gasteiger partial charge in [-0.05, 0) is 65.1 Å². The van der Waals surface area contributed by atoms with Crippen molar-refractivity contribution in [1.29, 1.82) is 0 Å². The minimum Gasteiger partial charge on any atom is -0.378 e. The van der Waals surface area contributed by atoms with E-state index in [1.807, 2.05) is 24.3 Å². The fourth-order valence-corrected chi connectivity index (χ4v) is 2.52. The van der Waals surface area contributed by atoms with Gasteiger partial charge >= 0.3 is 0 Å². The summed E-state index contributed by atoms with van der Waals surface area (Å²) in [6, 6.07) is 13.1. The second-order valence-corrected chi connectivity index (χ2v) is 6.22. The maximum Gasteiger partial charge on any atom is 0.258 e. The van der Waals surface area contributed by atoms with Crippen LogP contribution in [0, 0.1) is 3.57 Å². The van der Waals surface area contributed by atoms with Crippen LogP contribution in [-0.4, -0.2) is 9.97 Å². The quantitative estimate of drug-likeness (QED) is 0.645. The van der Waals surface area contributed by atoms with Crippen LogP contribution in [0.3, 0.4) is 0 Å². The Bertz CT molecular complexity index is 846. The molecule has 3 aromatic rings. The van der Waals surface area contributed by atoms with Crippen LogP contribution in [0.25, 0.3) is 10.9 Å². The molecule has 0 saturated carbocycles. The Hall–Kier alpha value is -1.60. The van der Waals surface area contributed by atoms with Crippen molar-refractivity contribution in [2.75, 3.05) is 5.32 Å². The topological polar surface area (TPSA) is 57.8 Å². The maximum atomic E-state index is 12.0. The van der Waals surface area contributed by atoms with Gasteiger partial charge in [0.15, 0.2) is 0 Å². The highest BCUT2D eigenvalue weighted by atomic mass is 127. The second-order valence-electron chi connectivity index (χ2n) is 4.53. The van der Waals surface area contributed by atoms with Crippen LogP contribution in [0.15, 0.2) is 47.3 Å². The van der Waals surface area contributed by atoms with Gasteiger partial charge in [0, 0.05) is 14.3 Å². The molecule has 0 spiro atoms. The molecule has 0 radical (unpaired) electrons. The first-order valence-corrected chi connectivity index (χ1v) is 7.75. The molecule has 21 heavy (non-hydrogen) atoms. The monoisotopic (exact) mass is 411 g/mol. The van der Waals surface area contributed by atoms with Crippen LogP contribution in [0.4, 0.5) is 5.69 Å². The Kier molecular flexibility index (Phi) is 4.12. The molecule has 3 rings (SSSR count). The Morgan fingerprint density at radius 3 is 2.71 bits per heavy atom. The third-order valence-electron chi connectivity index (χ3n) is 3.02. The van der Waals surface area contributed by atoms with Gasteiger partial charge in [0.2, 0.25) is 0 Å². The van der Waals surface area contributed by atoms with E-state index < -0.39 is 0 Å². The average Bonchev–Trinajstić information content (AvgIpc) is 2.46. The Morgan fingerprint density at radius 2 is 1.95 bits per heavy atom. The first kappa shape index (κ1) is 14.3. The number of aromatic amines is 1. The SMILES string of the molecule is O=c1[nH]c(CNc2ccc(I)cc2)nc2cc(Cl)ccc12. The van der Waals surface area contributed by atoms with Crippen LogP contribution >= 0.6 is 34.2 Å². The summed E-state index contributed by atoms with van der Waals surface area (Å²) in [6.07, 6.45) is 0. The van der Waals surface area contributed by atoms with Gasteiger partial charge in [-0.25, -0.2) is 4.98 Å². The summed E-state index contributed by atoms with van der Waals surface area (Å²) in [4.78, 5) is 19.2. The van der Waals surface area contributed by atoms with E-state index in [1.54, 1.807) is 18.2 Å². The molecule has 0 atom stereocenters. The highest BCUT2D eigenvalue weighted by Crippen LogP contribution is 2.15. The van der Waals surface area contributed by atoms with Crippen molar-refractivity contribution >= 4 is 50.8 Å². The number of nitrogens with one attached hydrogen (secondary N) is 2. The van der Waals surface area contributed by atoms with Gasteiger partial charge in [-0.2, -0.15) is 0 Å². The van der Waals surface area contributed by atoms with Gasteiger partial charge in [-0.3, -0.25) is 4.79 Å². The first-order chi connectivity index (χ1) is 10.1. The zero-order valence-electron chi connectivity index (χ0n) is 10.9. The number of fused-ring (bicyclic) bond motifs is 1. The summed E-state index contributed by atoms with van der Waals surface area (Å²) in [6.45, 7) is 0.443. The molecule has 0 bridgehead atoms. The molecule has 0 saturated heterocycles. The van der Waals surface area contributed by atoms with E-state index in [-0.39, 0.29) is 5.56 Å². The largest absolute Gasteiger partial charge is 0.378 e. The third-order valence-corrected chi connectivity index (χ3v) is 3.98. The lowest BCUT2D eigenvalue weighted by Gasteiger charge is -2.07. The second kappa shape index (κ2) is 6.03. The molecule has 4 nitrogen and oxygen atoms in total. The van der Waals surface area contributed by atoms with Crippen molar-refractivity contribution in [2.24, 2.45) is 0 Å². The maximum absolute atomic E-state index is 12.0. The molecule has 0 aliphatic rings. The Morgan fingerprint density at radius 1 is 1.19 bits per heavy atom. The van der Waals surface area contributed by atoms with Gasteiger partial charge < -0.3 is 10.3 Å². The van der Waals surface area contributed by atoms with Crippen molar-refractivity contribution < 1.29 is 0 Å². The summed E-state index contributed by atoms with van der Waals surface area (Å²) >= 11 is 8.20. The van der Waals surface area contributed by atoms with Crippen LogP contribution < -0.4 is 10.9 Å². The minimum absolute atomic E-state index is 0.156. The zero-order chi connectivity index (χ0) is 14.8. The first-order valence-electron chi connectivity index (χ1n) is 6.30. The highest BCUT2D eigenvalue weighted by molar-refractivity contribution is 14.1. The van der Waals surface area contributed by atoms with E-state index in [2.05, 4.69) is 37.9 Å². The summed E-state index contributed by atoms with van der Waals surface area (Å²) in [5, 5.41) is 4.33. The molecule has 0 unspecified atom stereocenters. The molecule has 0 amide bonds. The molecule has 0 aliphatic carbocycles. The summed E-state index contributed by atoms with van der Waals surface area (Å²) < 4.78 is 1.17. The number of H-pyrrole nitrogens is 1. The molecular weight excluding hydrogens is 401 g/mol. The standard InChI is InChI=1S/C15H11ClIN3O/c16-9-1-6-12-13(7-9)19-14(20-15(12)21)8-18-11-4-2-10(17)3-5-11/h1-7,18H,8H2,(H,19,20,21). The summed E-state index contributed by atoms with van der Waals surface area (Å²) in [5.74, 6) is 0.577. The molecule has 1 aromatic heterocycles. The number of halogens is 2. The zero-order valence-corrected chi connectivity index (χ0v) is 13.8. The predicted molar refractivity (Wildman–Crippen MR) is 93.9 cm³/mol. The van der Waals surface area contributed by atoms with Gasteiger partial charge in [-0.15, -0.1) is 0 Å². The lowest BCUT2D eigenvalue weighted by atomic mass is 10.2. The van der Waals surface area contributed by atoms with Gasteiger partial charge in [0.05, 0.1) is 17.4 Å². The van der Waals surface area contributed by atoms with Crippen molar-refractivity contribution in [3.05, 3.63) is 67.2 Å². The number of aromatic nitrogens is 2. The fraction of sp³-hybridized carbons (Fsp3) is 0.0667. The Balaban J connectivity index is 1.87. The van der Waals surface area contributed by atoms with Crippen LogP contribution in [0.2, 0.25) is 5.02 Å². The number of rotatable bonds is 3. The number of anilines is 1. The van der Waals surface area contributed by atoms with Crippen molar-refractivity contribution in [3.63, 3.8) is 0 Å². The third kappa shape index (κ3) is 3.36. The molecule has 0 fully saturated rings. The van der Waals surface area contributed by atoms with Gasteiger partial charge in [0.1, 0.15) is 5.82 Å². The minimum atomic E-state index is -0.156. The smallest absolute Gasteiger partial charge is 0.258 e. The molecule has 106 valence electrons. The number of hydrogen-bond acceptors (Lipinski definition) is 3. The van der Waals surface area contributed by atoms with E-state index >= 15 is 0 Å². The molecule has 0 aliphatic heterocycles. The normalized spacial score (nSPS) is 10.8. The van der Waals surface area contributed by atoms with Gasteiger partial charge in [-0.1, -0.05) is 11.6 Å². The number of nitrogens with zero attached hydrogens (tertiary/aromatic N) is 1. The lowest BCUT2D eigenvalue weighted by molar-refractivity contribution is 0.953. The summed E-state index contributed by atoms with van der Waals surface area (Å²) in [5.41, 5.74) is 1.42. The van der Waals surface area contributed by atoms with Gasteiger partial charge in [0.25, 0.3) is 5.56 Å². The van der Waals surface area contributed by atoms with E-state index in [0.29, 0.717) is 28.3 Å². The van der Waals surface area contributed by atoms with Crippen LogP contribution in [-0.2, 0) is 6.54 Å². The lowest BCUT2D eigenvalue weighted by Crippen LogP contribution is -2.14. The van der Waals surface area contributed by atoms with E-state index in [1.165, 1.54) is 3.57 Å². The highest BCUT2D eigenvalue weighted by Gasteiger charge is 2.04. The molecular formula is C15H11ClIN3O. The van der Waals surface area contributed by atoms with Crippen LogP contribution in [0.5, 0.6) is 0 Å². The molecule has 2 N–H and O–H groups in total. The average molecular weight is 412 g/mol. The van der Waals surface area contributed by atoms with E-state index in [4.69, 9.17) is 11.6 Å². The van der Waals surface area contributed by atoms with Crippen molar-refractivity contribution in [2.45, 2.75) is 6.54 Å². The molecule has 1 heterocycles. The number of benzene rings is 2. The molecule has 6 heteroatoms. The van der Waals surface area contributed by atoms with E-state index in [0.717, 1.165) is 5.69 Å². The molecule has 2 aromatic carbocycles. The Labute approximate surface area is 139 Å². The number of hydrogen-bond donors (Lipinski definition) is 2. The van der Waals surface area contributed by atoms with E-state index in [9.17, 15) is 4.79 Å². The van der Waals surface area contributed by atoms with Crippen molar-refractivity contribution in [3.8, 4) is 0 Å². The summed E-state index contributed by atoms with van der Waals surface area (Å²) in [7, 11) is 0. The van der Waals surface area contributed by atoms with Crippen LogP contribution in [0.1, 0.15) is 5.82 Å². The predicted octanol–water partition coefficient (Wildman–Crippen LogP) is 3.79. The fourth-order valence-electron chi connectivity index (χ4n) is 2.00. The van der Waals surface area contributed by atoms with Crippen molar-refractivity contribution in [1.82, 2.24) is 9.97 Å².